The number of halogens is 1. The van der Waals surface area contributed by atoms with Gasteiger partial charge >= 0.3 is 5.97 Å². The summed E-state index contributed by atoms with van der Waals surface area (Å²) in [7, 11) is 0. The van der Waals surface area contributed by atoms with E-state index in [4.69, 9.17) is 0 Å². The van der Waals surface area contributed by atoms with Gasteiger partial charge in [-0.15, -0.1) is 0 Å². The first kappa shape index (κ1) is 27.0. The van der Waals surface area contributed by atoms with Gasteiger partial charge < -0.3 is 24.7 Å². The summed E-state index contributed by atoms with van der Waals surface area (Å²) in [6, 6.07) is 20.9. The highest BCUT2D eigenvalue weighted by atomic mass is 19.1. The summed E-state index contributed by atoms with van der Waals surface area (Å²) in [4.78, 5) is 46.4. The Balaban J connectivity index is 1.15. The molecule has 3 aliphatic rings. The zero-order valence-electron chi connectivity index (χ0n) is 22.8. The van der Waals surface area contributed by atoms with Gasteiger partial charge in [-0.1, -0.05) is 36.4 Å². The van der Waals surface area contributed by atoms with Gasteiger partial charge in [0, 0.05) is 37.6 Å². The Morgan fingerprint density at radius 3 is 2.37 bits per heavy atom. The second kappa shape index (κ2) is 11.0. The highest BCUT2D eigenvalue weighted by Gasteiger charge is 2.53. The molecule has 3 aromatic carbocycles. The van der Waals surface area contributed by atoms with Crippen LogP contribution in [-0.4, -0.2) is 71.1 Å². The average Bonchev–Trinajstić information content (AvgIpc) is 3.43. The van der Waals surface area contributed by atoms with Gasteiger partial charge in [0.05, 0.1) is 18.7 Å². The second-order valence-corrected chi connectivity index (χ2v) is 11.1. The molecule has 9 heteroatoms. The third kappa shape index (κ3) is 5.06. The molecule has 0 bridgehead atoms. The van der Waals surface area contributed by atoms with E-state index in [1.165, 1.54) is 12.1 Å². The van der Waals surface area contributed by atoms with E-state index >= 15 is 0 Å². The number of carboxylic acids is 1. The highest BCUT2D eigenvalue weighted by molar-refractivity contribution is 6.01. The van der Waals surface area contributed by atoms with Crippen molar-refractivity contribution in [2.45, 2.75) is 37.8 Å². The molecule has 0 atom stereocenters. The minimum atomic E-state index is -1.02. The molecule has 3 aliphatic heterocycles. The molecule has 212 valence electrons. The minimum absolute atomic E-state index is 0.0269. The summed E-state index contributed by atoms with van der Waals surface area (Å²) < 4.78 is 13.8. The van der Waals surface area contributed by atoms with Gasteiger partial charge in [0.25, 0.3) is 0 Å². The number of benzene rings is 3. The lowest BCUT2D eigenvalue weighted by atomic mass is 9.85. The van der Waals surface area contributed by atoms with Crippen molar-refractivity contribution in [3.05, 3.63) is 95.3 Å². The number of carboxylic acid groups (broad SMARTS) is 1. The van der Waals surface area contributed by atoms with Gasteiger partial charge in [0.2, 0.25) is 11.8 Å². The van der Waals surface area contributed by atoms with E-state index in [1.807, 2.05) is 29.2 Å². The summed E-state index contributed by atoms with van der Waals surface area (Å²) >= 11 is 0. The monoisotopic (exact) mass is 556 g/mol. The first-order valence-electron chi connectivity index (χ1n) is 14.1. The SMILES string of the molecule is O=C(O)c1ccccc1CN1CN(c2ccc(F)cc2)C2(CCN(CCCN3C(=O)Cc4ccccc43)CC2)C1=O. The van der Waals surface area contributed by atoms with Gasteiger partial charge in [-0.3, -0.25) is 9.59 Å². The number of fused-ring (bicyclic) bond motifs is 1. The van der Waals surface area contributed by atoms with Gasteiger partial charge in [-0.2, -0.15) is 0 Å². The quantitative estimate of drug-likeness (QED) is 0.449. The lowest BCUT2D eigenvalue weighted by Crippen LogP contribution is -2.56. The topological polar surface area (TPSA) is 84.4 Å². The third-order valence-corrected chi connectivity index (χ3v) is 8.73. The highest BCUT2D eigenvalue weighted by Crippen LogP contribution is 2.40. The number of hydrogen-bond acceptors (Lipinski definition) is 5. The number of amides is 2. The molecule has 6 rings (SSSR count). The van der Waals surface area contributed by atoms with Crippen LogP contribution in [0.15, 0.2) is 72.8 Å². The number of piperidine rings is 1. The number of aromatic carboxylic acids is 1. The molecular weight excluding hydrogens is 523 g/mol. The van der Waals surface area contributed by atoms with Crippen molar-refractivity contribution < 1.29 is 23.9 Å². The molecule has 1 N–H and O–H groups in total. The first-order valence-corrected chi connectivity index (χ1v) is 14.1. The molecule has 2 fully saturated rings. The predicted molar refractivity (Wildman–Crippen MR) is 153 cm³/mol. The largest absolute Gasteiger partial charge is 0.478 e. The van der Waals surface area contributed by atoms with Crippen molar-refractivity contribution in [3.8, 4) is 0 Å². The Morgan fingerprint density at radius 2 is 1.61 bits per heavy atom. The van der Waals surface area contributed by atoms with E-state index in [0.29, 0.717) is 51.1 Å². The van der Waals surface area contributed by atoms with Crippen LogP contribution >= 0.6 is 0 Å². The van der Waals surface area contributed by atoms with Crippen LogP contribution in [0.4, 0.5) is 15.8 Å². The lowest BCUT2D eigenvalue weighted by molar-refractivity contribution is -0.134. The molecule has 3 aromatic rings. The van der Waals surface area contributed by atoms with E-state index in [0.717, 1.165) is 29.9 Å². The number of carbonyl (C=O) groups excluding carboxylic acids is 2. The smallest absolute Gasteiger partial charge is 0.336 e. The molecule has 0 radical (unpaired) electrons. The average molecular weight is 557 g/mol. The van der Waals surface area contributed by atoms with Crippen LogP contribution in [0.1, 0.15) is 40.7 Å². The zero-order chi connectivity index (χ0) is 28.6. The van der Waals surface area contributed by atoms with E-state index < -0.39 is 11.5 Å². The Kier molecular flexibility index (Phi) is 7.21. The number of hydrogen-bond donors (Lipinski definition) is 1. The number of nitrogens with zero attached hydrogens (tertiary/aromatic N) is 4. The first-order chi connectivity index (χ1) is 19.9. The normalized spacial score (nSPS) is 18.4. The standard InChI is InChI=1S/C32H33FN4O4/c33-25-10-12-26(13-11-25)37-22-35(21-24-7-1-3-8-27(24)30(39)40)31(41)32(37)14-18-34(19-15-32)16-5-17-36-28-9-4-2-6-23(28)20-29(36)38/h1-4,6-13H,5,14-22H2,(H,39,40). The molecule has 8 nitrogen and oxygen atoms in total. The van der Waals surface area contributed by atoms with Crippen molar-refractivity contribution >= 4 is 29.2 Å². The molecule has 2 saturated heterocycles. The summed E-state index contributed by atoms with van der Waals surface area (Å²) in [6.07, 6.45) is 2.50. The Hall–Kier alpha value is -4.24. The van der Waals surface area contributed by atoms with E-state index in [2.05, 4.69) is 9.80 Å². The second-order valence-electron chi connectivity index (χ2n) is 11.1. The number of para-hydroxylation sites is 1. The molecule has 0 saturated carbocycles. The molecule has 1 spiro atoms. The minimum Gasteiger partial charge on any atom is -0.478 e. The van der Waals surface area contributed by atoms with Gasteiger partial charge in [-0.25, -0.2) is 9.18 Å². The van der Waals surface area contributed by atoms with E-state index in [9.17, 15) is 23.9 Å². The fraction of sp³-hybridized carbons (Fsp3) is 0.344. The van der Waals surface area contributed by atoms with Crippen LogP contribution in [0.25, 0.3) is 0 Å². The maximum absolute atomic E-state index is 14.1. The van der Waals surface area contributed by atoms with Crippen LogP contribution in [0, 0.1) is 5.82 Å². The summed E-state index contributed by atoms with van der Waals surface area (Å²) in [5, 5.41) is 9.66. The van der Waals surface area contributed by atoms with Gasteiger partial charge in [-0.05, 0) is 73.3 Å². The summed E-state index contributed by atoms with van der Waals surface area (Å²) in [5.41, 5.74) is 2.84. The van der Waals surface area contributed by atoms with Crippen LogP contribution in [-0.2, 0) is 22.6 Å². The van der Waals surface area contributed by atoms with E-state index in [1.54, 1.807) is 41.3 Å². The Labute approximate surface area is 238 Å². The Morgan fingerprint density at radius 1 is 0.902 bits per heavy atom. The van der Waals surface area contributed by atoms with Crippen LogP contribution in [0.2, 0.25) is 0 Å². The number of rotatable bonds is 8. The zero-order valence-corrected chi connectivity index (χ0v) is 22.8. The third-order valence-electron chi connectivity index (χ3n) is 8.73. The fourth-order valence-electron chi connectivity index (χ4n) is 6.57. The number of anilines is 2. The summed E-state index contributed by atoms with van der Waals surface area (Å²) in [5.74, 6) is -1.25. The van der Waals surface area contributed by atoms with Crippen LogP contribution < -0.4 is 9.80 Å². The Bertz CT molecular complexity index is 1470. The number of likely N-dealkylation sites (tertiary alicyclic amines) is 1. The lowest BCUT2D eigenvalue weighted by Gasteiger charge is -2.43. The molecule has 41 heavy (non-hydrogen) atoms. The molecule has 2 amide bonds. The maximum Gasteiger partial charge on any atom is 0.336 e. The van der Waals surface area contributed by atoms with Crippen molar-refractivity contribution in [3.63, 3.8) is 0 Å². The van der Waals surface area contributed by atoms with Crippen LogP contribution in [0.5, 0.6) is 0 Å². The van der Waals surface area contributed by atoms with Crippen molar-refractivity contribution in [2.75, 3.05) is 42.6 Å². The van der Waals surface area contributed by atoms with Crippen LogP contribution in [0.3, 0.4) is 0 Å². The van der Waals surface area contributed by atoms with Crippen molar-refractivity contribution in [2.24, 2.45) is 0 Å². The fourth-order valence-corrected chi connectivity index (χ4v) is 6.57. The summed E-state index contributed by atoms with van der Waals surface area (Å²) in [6.45, 7) is 3.41. The van der Waals surface area contributed by atoms with Crippen molar-refractivity contribution in [1.29, 1.82) is 0 Å². The van der Waals surface area contributed by atoms with Crippen molar-refractivity contribution in [1.82, 2.24) is 9.80 Å². The molecule has 0 unspecified atom stereocenters. The number of carbonyl (C=O) groups is 3. The molecule has 0 aliphatic carbocycles. The van der Waals surface area contributed by atoms with Gasteiger partial charge in [0.15, 0.2) is 0 Å². The molecule has 3 heterocycles. The predicted octanol–water partition coefficient (Wildman–Crippen LogP) is 4.14. The van der Waals surface area contributed by atoms with Gasteiger partial charge in [0.1, 0.15) is 11.4 Å². The molecule has 0 aromatic heterocycles. The molecular formula is C32H33FN4O4. The van der Waals surface area contributed by atoms with E-state index in [-0.39, 0.29) is 29.7 Å². The maximum atomic E-state index is 14.1.